The SMILES string of the molecule is c1ccc(-c2ccc(-c3cccc4c3sc3cccc(-c5nc(-c6ccccc6)nc(-c6cccc(-c7ccccc7)c6)n5)c34)cc2)cc1.c1ccc(-c2cccc(-c3cccc(-c4nc(-c5ccc6c(c5)sc5ccccc56)nc(-c5ccc6c(c5)sc5ccccc56)n4)c3)c2)cc1.c1ccc(-c2nc(-c3ccccc3)nc(-c3cccc(-c4cccc(-c5cccc6sc7ccccc7c56)c4)c3)n2)cc1. The quantitative estimate of drug-likeness (QED) is 0.0932. The third-order valence-corrected chi connectivity index (χ3v) is 30.6. The van der Waals surface area contributed by atoms with Crippen molar-refractivity contribution in [2.45, 2.75) is 0 Å². The Morgan fingerprint density at radius 2 is 0.345 bits per heavy atom. The zero-order valence-corrected chi connectivity index (χ0v) is 79.7. The van der Waals surface area contributed by atoms with E-state index in [1.54, 1.807) is 22.7 Å². The Morgan fingerprint density at radius 1 is 0.113 bits per heavy atom. The number of hydrogen-bond acceptors (Lipinski definition) is 13. The average Bonchev–Trinajstić information content (AvgIpc) is 1.58. The van der Waals surface area contributed by atoms with E-state index < -0.39 is 0 Å². The van der Waals surface area contributed by atoms with E-state index in [0.29, 0.717) is 52.4 Å². The number of benzene rings is 20. The van der Waals surface area contributed by atoms with Crippen LogP contribution in [0.4, 0.5) is 0 Å². The first-order valence-corrected chi connectivity index (χ1v) is 50.5. The van der Waals surface area contributed by atoms with Gasteiger partial charge in [0.2, 0.25) is 0 Å². The minimum Gasteiger partial charge on any atom is -0.208 e. The Hall–Kier alpha value is -17.7. The maximum Gasteiger partial charge on any atom is 0.164 e. The van der Waals surface area contributed by atoms with Gasteiger partial charge in [0.15, 0.2) is 52.4 Å². The van der Waals surface area contributed by atoms with Crippen LogP contribution in [0.1, 0.15) is 0 Å². The molecule has 7 heterocycles. The maximum absolute atomic E-state index is 5.17. The van der Waals surface area contributed by atoms with E-state index in [1.165, 1.54) is 125 Å². The van der Waals surface area contributed by atoms with Crippen LogP contribution in [0.3, 0.4) is 0 Å². The standard InChI is InChI=1S/C45H27N3S2.C45H29N3S.C39H25N3S/c1-2-10-28(11-3-1)29-12-8-13-30(24-29)31-14-9-15-32(25-31)43-46-44(33-20-22-37-35-16-4-6-18-39(35)49-41(37)26-33)48-45(47-43)34-21-23-38-36-17-5-7-19-40(36)50-42(38)27-34;1-4-13-30(14-5-1)32-25-27-33(28-26-32)37-21-11-22-38-41-39(23-12-24-40(41)49-42(37)38)45-47-43(34-17-8-3-9-18-34)46-44(48-45)36-20-10-19-35(29-36)31-15-6-2-7-16-31;1-3-12-26(13-4-1)37-40-38(27-14-5-2-6-15-27)42-39(41-37)31-19-10-17-29(25-31)28-16-9-18-30(24-28)32-21-11-23-35-36(32)33-20-7-8-22-34(33)43-35/h1-27H;1-29H;1-25H. The van der Waals surface area contributed by atoms with Crippen molar-refractivity contribution in [2.24, 2.45) is 0 Å². The molecule has 0 N–H and O–H groups in total. The number of rotatable bonds is 16. The molecule has 666 valence electrons. The Bertz CT molecular complexity index is 9230. The number of nitrogens with zero attached hydrogens (tertiary/aromatic N) is 9. The fourth-order valence-corrected chi connectivity index (χ4v) is 23.7. The summed E-state index contributed by atoms with van der Waals surface area (Å²) in [7, 11) is 0. The van der Waals surface area contributed by atoms with Gasteiger partial charge in [0.05, 0.1) is 0 Å². The highest BCUT2D eigenvalue weighted by Crippen LogP contribution is 2.48. The lowest BCUT2D eigenvalue weighted by molar-refractivity contribution is 1.07. The van der Waals surface area contributed by atoms with Gasteiger partial charge in [-0.25, -0.2) is 44.9 Å². The van der Waals surface area contributed by atoms with Crippen LogP contribution in [0.2, 0.25) is 0 Å². The highest BCUT2D eigenvalue weighted by Gasteiger charge is 2.24. The monoisotopic (exact) mass is 1880 g/mol. The van der Waals surface area contributed by atoms with Crippen molar-refractivity contribution in [1.29, 1.82) is 0 Å². The second-order valence-electron chi connectivity index (χ2n) is 35.0. The topological polar surface area (TPSA) is 116 Å². The van der Waals surface area contributed by atoms with Crippen LogP contribution in [-0.2, 0) is 0 Å². The molecular weight excluding hydrogens is 1800 g/mol. The molecule has 0 saturated heterocycles. The van der Waals surface area contributed by atoms with Crippen molar-refractivity contribution in [3.63, 3.8) is 0 Å². The summed E-state index contributed by atoms with van der Waals surface area (Å²) in [5.41, 5.74) is 25.2. The van der Waals surface area contributed by atoms with Crippen molar-refractivity contribution in [2.75, 3.05) is 0 Å². The van der Waals surface area contributed by atoms with E-state index in [1.807, 2.05) is 108 Å². The number of fused-ring (bicyclic) bond motifs is 12. The van der Waals surface area contributed by atoms with E-state index in [-0.39, 0.29) is 0 Å². The predicted molar refractivity (Wildman–Crippen MR) is 598 cm³/mol. The molecule has 0 aliphatic carbocycles. The molecule has 0 bridgehead atoms. The summed E-state index contributed by atoms with van der Waals surface area (Å²) in [5, 5.41) is 10.1. The van der Waals surface area contributed by atoms with Gasteiger partial charge < -0.3 is 0 Å². The average molecular weight is 1890 g/mol. The Kier molecular flexibility index (Phi) is 23.0. The Labute approximate surface area is 835 Å². The van der Waals surface area contributed by atoms with Crippen LogP contribution in [0.5, 0.6) is 0 Å². The van der Waals surface area contributed by atoms with Crippen molar-refractivity contribution in [3.8, 4) is 180 Å². The second-order valence-corrected chi connectivity index (χ2v) is 39.3. The lowest BCUT2D eigenvalue weighted by atomic mass is 9.95. The molecule has 0 atom stereocenters. The molecule has 9 nitrogen and oxygen atoms in total. The molecule has 142 heavy (non-hydrogen) atoms. The zero-order chi connectivity index (χ0) is 94.2. The molecule has 0 radical (unpaired) electrons. The molecule has 13 heteroatoms. The fourth-order valence-electron chi connectivity index (χ4n) is 19.0. The van der Waals surface area contributed by atoms with Gasteiger partial charge in [-0.1, -0.05) is 419 Å². The van der Waals surface area contributed by atoms with Crippen LogP contribution >= 0.6 is 45.3 Å². The normalized spacial score (nSPS) is 11.4. The highest BCUT2D eigenvalue weighted by molar-refractivity contribution is 7.27. The highest BCUT2D eigenvalue weighted by atomic mass is 32.1. The van der Waals surface area contributed by atoms with Gasteiger partial charge in [0.1, 0.15) is 0 Å². The first kappa shape index (κ1) is 85.9. The van der Waals surface area contributed by atoms with Gasteiger partial charge >= 0.3 is 0 Å². The van der Waals surface area contributed by atoms with Crippen molar-refractivity contribution in [3.05, 3.63) is 491 Å². The summed E-state index contributed by atoms with van der Waals surface area (Å²) in [5.74, 6) is 5.92. The molecule has 0 spiro atoms. The lowest BCUT2D eigenvalue weighted by Crippen LogP contribution is -2.00. The predicted octanol–water partition coefficient (Wildman–Crippen LogP) is 35.8. The van der Waals surface area contributed by atoms with E-state index in [9.17, 15) is 0 Å². The summed E-state index contributed by atoms with van der Waals surface area (Å²) in [4.78, 5) is 45.5. The maximum atomic E-state index is 5.17. The lowest BCUT2D eigenvalue weighted by Gasteiger charge is -2.11. The van der Waals surface area contributed by atoms with Gasteiger partial charge in [0.25, 0.3) is 0 Å². The Balaban J connectivity index is 0.000000112. The van der Waals surface area contributed by atoms with Gasteiger partial charge in [-0.05, 0) is 151 Å². The first-order valence-electron chi connectivity index (χ1n) is 47.2. The van der Waals surface area contributed by atoms with Crippen molar-refractivity contribution >= 4 is 126 Å². The van der Waals surface area contributed by atoms with E-state index in [2.05, 4.69) is 406 Å². The zero-order valence-electron chi connectivity index (χ0n) is 76.4. The Morgan fingerprint density at radius 3 is 0.775 bits per heavy atom. The van der Waals surface area contributed by atoms with Crippen LogP contribution in [-0.4, -0.2) is 44.9 Å². The summed E-state index contributed by atoms with van der Waals surface area (Å²) in [6.45, 7) is 0. The third-order valence-electron chi connectivity index (χ3n) is 26.0. The van der Waals surface area contributed by atoms with Gasteiger partial charge in [-0.3, -0.25) is 0 Å². The summed E-state index contributed by atoms with van der Waals surface area (Å²) in [6.07, 6.45) is 0. The van der Waals surface area contributed by atoms with Crippen LogP contribution in [0.25, 0.3) is 261 Å². The summed E-state index contributed by atoms with van der Waals surface area (Å²) >= 11 is 7.28. The molecule has 0 unspecified atom stereocenters. The van der Waals surface area contributed by atoms with Crippen LogP contribution in [0, 0.1) is 0 Å². The van der Waals surface area contributed by atoms with Gasteiger partial charge in [0, 0.05) is 131 Å². The van der Waals surface area contributed by atoms with Gasteiger partial charge in [-0.2, -0.15) is 0 Å². The van der Waals surface area contributed by atoms with E-state index in [0.717, 1.165) is 83.5 Å². The second kappa shape index (κ2) is 38.0. The minimum absolute atomic E-state index is 0.650. The first-order chi connectivity index (χ1) is 70.3. The summed E-state index contributed by atoms with van der Waals surface area (Å²) < 4.78 is 10.1. The van der Waals surface area contributed by atoms with E-state index in [4.69, 9.17) is 44.9 Å². The van der Waals surface area contributed by atoms with Crippen molar-refractivity contribution < 1.29 is 0 Å². The molecule has 0 saturated carbocycles. The smallest absolute Gasteiger partial charge is 0.164 e. The molecule has 0 aliphatic rings. The molecule has 27 aromatic rings. The van der Waals surface area contributed by atoms with Crippen LogP contribution < -0.4 is 0 Å². The fraction of sp³-hybridized carbons (Fsp3) is 0. The molecule has 0 aliphatic heterocycles. The number of aromatic nitrogens is 9. The number of hydrogen-bond donors (Lipinski definition) is 0. The molecule has 0 fully saturated rings. The van der Waals surface area contributed by atoms with E-state index >= 15 is 0 Å². The third kappa shape index (κ3) is 17.2. The molecule has 27 rings (SSSR count). The largest absolute Gasteiger partial charge is 0.208 e. The molecule has 7 aromatic heterocycles. The van der Waals surface area contributed by atoms with Crippen molar-refractivity contribution in [1.82, 2.24) is 44.9 Å². The van der Waals surface area contributed by atoms with Gasteiger partial charge in [-0.15, -0.1) is 45.3 Å². The minimum atomic E-state index is 0.650. The van der Waals surface area contributed by atoms with Crippen LogP contribution in [0.15, 0.2) is 491 Å². The molecular formula is C129H81N9S4. The molecule has 0 amide bonds. The summed E-state index contributed by atoms with van der Waals surface area (Å²) in [6, 6.07) is 172. The number of thiophene rings is 4. The molecule has 20 aromatic carbocycles.